The van der Waals surface area contributed by atoms with Gasteiger partial charge in [0.15, 0.2) is 0 Å². The zero-order chi connectivity index (χ0) is 19.8. The number of carbonyl (C=O) groups is 4. The van der Waals surface area contributed by atoms with E-state index in [0.717, 1.165) is 27.7 Å². The minimum Gasteiger partial charge on any atom is -0.481 e. The summed E-state index contributed by atoms with van der Waals surface area (Å²) >= 11 is 0. The molecule has 0 aromatic carbocycles. The number of aliphatic hydroxyl groups is 2. The Morgan fingerprint density at radius 3 is 0.808 bits per heavy atom. The molecule has 14 heteroatoms. The first-order valence-electron chi connectivity index (χ1n) is 5.92. The van der Waals surface area contributed by atoms with Gasteiger partial charge in [0.2, 0.25) is 0 Å². The van der Waals surface area contributed by atoms with Crippen LogP contribution in [0.4, 0.5) is 0 Å². The second-order valence-electron chi connectivity index (χ2n) is 3.14. The van der Waals surface area contributed by atoms with Gasteiger partial charge in [-0.25, -0.2) is 0 Å². The van der Waals surface area contributed by atoms with Crippen molar-refractivity contribution in [1.29, 1.82) is 0 Å². The Balaban J connectivity index is -0.0000000258. The summed E-state index contributed by atoms with van der Waals surface area (Å²) in [5.41, 5.74) is 0. The van der Waals surface area contributed by atoms with E-state index < -0.39 is 23.9 Å². The van der Waals surface area contributed by atoms with Crippen LogP contribution < -0.4 is 12.3 Å². The molecule has 0 aliphatic rings. The second kappa shape index (κ2) is 49.6. The van der Waals surface area contributed by atoms with Crippen molar-refractivity contribution in [3.05, 3.63) is 0 Å². The van der Waals surface area contributed by atoms with Crippen molar-refractivity contribution in [3.63, 3.8) is 0 Å². The van der Waals surface area contributed by atoms with E-state index in [-0.39, 0.29) is 63.3 Å². The second-order valence-corrected chi connectivity index (χ2v) is 3.14. The van der Waals surface area contributed by atoms with Gasteiger partial charge in [-0.15, -0.1) is 0 Å². The molecule has 0 heterocycles. The molecule has 13 nitrogen and oxygen atoms in total. The molecule has 0 spiro atoms. The summed E-state index contributed by atoms with van der Waals surface area (Å²) in [6, 6.07) is 0. The Bertz CT molecular complexity index is 237. The molecule has 0 saturated carbocycles. The number of aliphatic hydroxyl groups excluding tert-OH is 2. The van der Waals surface area contributed by atoms with Gasteiger partial charge in [0.05, 0.1) is 26.4 Å². The summed E-state index contributed by atoms with van der Waals surface area (Å²) in [6.45, 7) is 5.03. The number of hydrogen-bond acceptors (Lipinski definition) is 9. The topological polar surface area (TPSA) is 269 Å². The average molecular weight is 420 g/mol. The smallest absolute Gasteiger partial charge is 0.300 e. The summed E-state index contributed by atoms with van der Waals surface area (Å²) in [5.74, 6) is -3.33. The molecule has 158 valence electrons. The molecule has 0 aromatic rings. The van der Waals surface area contributed by atoms with Gasteiger partial charge in [0.1, 0.15) is 0 Å². The first-order chi connectivity index (χ1) is 10.3. The quantitative estimate of drug-likeness (QED) is 0.206. The molecule has 0 amide bonds. The van der Waals surface area contributed by atoms with Crippen molar-refractivity contribution >= 4 is 61.6 Å². The molecule has 0 aromatic heterocycles. The number of rotatable bonds is 4. The van der Waals surface area contributed by atoms with Gasteiger partial charge in [-0.3, -0.25) is 19.2 Å². The van der Waals surface area contributed by atoms with E-state index in [2.05, 4.69) is 4.74 Å². The van der Waals surface area contributed by atoms with Crippen molar-refractivity contribution in [2.45, 2.75) is 27.7 Å². The van der Waals surface area contributed by atoms with Crippen molar-refractivity contribution in [1.82, 2.24) is 12.3 Å². The fraction of sp³-hybridized carbons (Fsp3) is 0.667. The van der Waals surface area contributed by atoms with Crippen LogP contribution in [0.3, 0.4) is 0 Å². The van der Waals surface area contributed by atoms with Gasteiger partial charge in [-0.05, 0) is 0 Å². The van der Waals surface area contributed by atoms with E-state index in [0.29, 0.717) is 13.2 Å². The maximum Gasteiger partial charge on any atom is 0.300 e. The zero-order valence-electron chi connectivity index (χ0n) is 15.7. The Labute approximate surface area is 182 Å². The fourth-order valence-electron chi connectivity index (χ4n) is 0.231. The Hall–Kier alpha value is -1.06. The first-order valence-corrected chi connectivity index (χ1v) is 5.92. The van der Waals surface area contributed by atoms with Crippen molar-refractivity contribution in [2.24, 2.45) is 0 Å². The molecule has 12 N–H and O–H groups in total. The summed E-state index contributed by atoms with van der Waals surface area (Å²) in [6.07, 6.45) is 0. The van der Waals surface area contributed by atoms with Crippen LogP contribution in [-0.4, -0.2) is 119 Å². The third kappa shape index (κ3) is 1280. The van der Waals surface area contributed by atoms with E-state index >= 15 is 0 Å². The van der Waals surface area contributed by atoms with Gasteiger partial charge < -0.3 is 47.7 Å². The maximum atomic E-state index is 9.00. The van der Waals surface area contributed by atoms with Crippen LogP contribution in [0.2, 0.25) is 0 Å². The molecular formula is C12H32CaN2O11. The van der Waals surface area contributed by atoms with Crippen molar-refractivity contribution in [2.75, 3.05) is 26.4 Å². The maximum absolute atomic E-state index is 9.00. The normalized spacial score (nSPS) is 6.38. The van der Waals surface area contributed by atoms with E-state index in [1.165, 1.54) is 0 Å². The largest absolute Gasteiger partial charge is 0.481 e. The zero-order valence-corrected chi connectivity index (χ0v) is 17.9. The Morgan fingerprint density at radius 2 is 0.731 bits per heavy atom. The van der Waals surface area contributed by atoms with Crippen LogP contribution in [0.5, 0.6) is 0 Å². The SMILES string of the molecule is CC(=O)O.CC(=O)O.CC(=O)O.CC(=O)O.N.N.OCCOCCO.[Ca]. The fourth-order valence-corrected chi connectivity index (χ4v) is 0.231. The molecular weight excluding hydrogens is 388 g/mol. The van der Waals surface area contributed by atoms with Crippen LogP contribution in [0, 0.1) is 0 Å². The third-order valence-electron chi connectivity index (χ3n) is 0.471. The minimum absolute atomic E-state index is 0. The van der Waals surface area contributed by atoms with Gasteiger partial charge in [-0.1, -0.05) is 0 Å². The molecule has 26 heavy (non-hydrogen) atoms. The first kappa shape index (κ1) is 49.8. The third-order valence-corrected chi connectivity index (χ3v) is 0.471. The molecule has 0 aliphatic heterocycles. The standard InChI is InChI=1S/C4H10O3.4C2H4O2.Ca.2H3N/c5-1-3-7-4-2-6;4*1-2(3)4;;;/h5-6H,1-4H2;4*1H3,(H,3,4);;2*1H3. The number of ether oxygens (including phenoxy) is 1. The van der Waals surface area contributed by atoms with Gasteiger partial charge in [0, 0.05) is 65.4 Å². The van der Waals surface area contributed by atoms with Gasteiger partial charge >= 0.3 is 0 Å². The monoisotopic (exact) mass is 420 g/mol. The molecule has 0 bridgehead atoms. The predicted molar refractivity (Wildman–Crippen MR) is 94.0 cm³/mol. The van der Waals surface area contributed by atoms with Crippen molar-refractivity contribution < 1.29 is 54.6 Å². The van der Waals surface area contributed by atoms with E-state index in [1.54, 1.807) is 0 Å². The molecule has 0 rings (SSSR count). The Kier molecular flexibility index (Phi) is 95.0. The average Bonchev–Trinajstić information content (AvgIpc) is 2.26. The number of carboxylic acids is 4. The molecule has 2 radical (unpaired) electrons. The van der Waals surface area contributed by atoms with Crippen LogP contribution in [-0.2, 0) is 23.9 Å². The molecule has 0 unspecified atom stereocenters. The minimum atomic E-state index is -0.833. The van der Waals surface area contributed by atoms with Crippen LogP contribution >= 0.6 is 0 Å². The number of aliphatic carboxylic acids is 4. The molecule has 0 aliphatic carbocycles. The Morgan fingerprint density at radius 1 is 0.615 bits per heavy atom. The van der Waals surface area contributed by atoms with Crippen LogP contribution in [0.1, 0.15) is 27.7 Å². The molecule has 0 fully saturated rings. The summed E-state index contributed by atoms with van der Waals surface area (Å²) in [4.78, 5) is 36.0. The number of hydrogen-bond donors (Lipinski definition) is 8. The number of carboxylic acid groups (broad SMARTS) is 4. The molecule has 0 saturated heterocycles. The summed E-state index contributed by atoms with van der Waals surface area (Å²) in [5, 5.41) is 45.8. The molecule has 0 atom stereocenters. The summed E-state index contributed by atoms with van der Waals surface area (Å²) in [7, 11) is 0. The summed E-state index contributed by atoms with van der Waals surface area (Å²) < 4.78 is 4.63. The van der Waals surface area contributed by atoms with E-state index in [4.69, 9.17) is 49.8 Å². The van der Waals surface area contributed by atoms with E-state index in [1.807, 2.05) is 0 Å². The predicted octanol–water partition coefficient (Wildman–Crippen LogP) is -0.706. The van der Waals surface area contributed by atoms with Crippen LogP contribution in [0.15, 0.2) is 0 Å². The van der Waals surface area contributed by atoms with Gasteiger partial charge in [0.25, 0.3) is 23.9 Å². The van der Waals surface area contributed by atoms with E-state index in [9.17, 15) is 0 Å². The van der Waals surface area contributed by atoms with Crippen molar-refractivity contribution in [3.8, 4) is 0 Å². The van der Waals surface area contributed by atoms with Gasteiger partial charge in [-0.2, -0.15) is 0 Å². The van der Waals surface area contributed by atoms with Crippen LogP contribution in [0.25, 0.3) is 0 Å².